The molecule has 0 unspecified atom stereocenters. The number of amides is 1. The van der Waals surface area contributed by atoms with Gasteiger partial charge in [-0.15, -0.1) is 5.54 Å². The zero-order chi connectivity index (χ0) is 48.8. The molecule has 366 valence electrons. The number of methoxy groups -OCH3 is 1. The minimum atomic E-state index is -3.73. The van der Waals surface area contributed by atoms with Crippen LogP contribution in [0.2, 0.25) is 16.6 Å². The second kappa shape index (κ2) is 17.6. The lowest BCUT2D eigenvalue weighted by molar-refractivity contribution is -0.0378. The fourth-order valence-electron chi connectivity index (χ4n) is 12.5. The van der Waals surface area contributed by atoms with Crippen LogP contribution < -0.4 is 14.4 Å². The summed E-state index contributed by atoms with van der Waals surface area (Å²) in [5.74, 6) is -2.01. The number of pyridine rings is 1. The standard InChI is InChI=1S/C51H63F5N6O5Si/c1-28(2)68(29(3)4,30(5)6)19-16-35-37(53)14-12-31-20-34(66-27-64-10)21-36(40(31)35)43-42(54)44-41-45(57-43)51(55,56)23-39-38-15-13-33(62(38)48(63)67-49(7,8)9)25-61(39)46(41)59-47(58-44)65-26-50-17-11-18-60(50)24-32(52)22-50/h12,14,20-21,28-30,32-33,38-39H,11,13,15,17-18,22-27H2,1-10H3/t32-,33-,38+,39-,50+/m1/s1. The number of rotatable bonds is 10. The number of benzene rings is 2. The molecule has 9 rings (SSSR count). The summed E-state index contributed by atoms with van der Waals surface area (Å²) in [5, 5.41) is 0.299. The van der Waals surface area contributed by atoms with Crippen LogP contribution in [0.15, 0.2) is 24.3 Å². The van der Waals surface area contributed by atoms with Crippen molar-refractivity contribution in [3.8, 4) is 34.5 Å². The molecule has 0 saturated carbocycles. The van der Waals surface area contributed by atoms with E-state index in [1.807, 2.05) is 0 Å². The first-order valence-electron chi connectivity index (χ1n) is 24.1. The summed E-state index contributed by atoms with van der Waals surface area (Å²) >= 11 is 0. The molecule has 1 amide bonds. The van der Waals surface area contributed by atoms with Crippen LogP contribution in [0.4, 0.5) is 32.6 Å². The third-order valence-electron chi connectivity index (χ3n) is 15.4. The Morgan fingerprint density at radius 2 is 1.68 bits per heavy atom. The van der Waals surface area contributed by atoms with Gasteiger partial charge >= 0.3 is 12.1 Å². The van der Waals surface area contributed by atoms with Crippen molar-refractivity contribution < 1.29 is 45.7 Å². The Kier molecular flexibility index (Phi) is 12.5. The van der Waals surface area contributed by atoms with E-state index in [9.17, 15) is 9.18 Å². The van der Waals surface area contributed by atoms with Crippen LogP contribution in [-0.4, -0.2) is 114 Å². The van der Waals surface area contributed by atoms with Gasteiger partial charge in [0.25, 0.3) is 5.92 Å². The molecule has 11 nitrogen and oxygen atoms in total. The number of piperazine rings is 1. The Balaban J connectivity index is 1.29. The normalized spacial score (nSPS) is 24.4. The van der Waals surface area contributed by atoms with E-state index in [1.165, 1.54) is 25.3 Å². The van der Waals surface area contributed by atoms with E-state index in [1.54, 1.807) is 36.6 Å². The van der Waals surface area contributed by atoms with Crippen molar-refractivity contribution in [2.45, 2.75) is 159 Å². The number of carbonyl (C=O) groups is 1. The van der Waals surface area contributed by atoms with Crippen LogP contribution in [0.1, 0.15) is 112 Å². The van der Waals surface area contributed by atoms with Crippen LogP contribution in [0.25, 0.3) is 32.9 Å². The van der Waals surface area contributed by atoms with Crippen molar-refractivity contribution in [3.63, 3.8) is 0 Å². The van der Waals surface area contributed by atoms with Crippen molar-refractivity contribution >= 4 is 41.7 Å². The minimum Gasteiger partial charge on any atom is -0.468 e. The van der Waals surface area contributed by atoms with E-state index in [0.717, 1.165) is 6.42 Å². The second-order valence-electron chi connectivity index (χ2n) is 21.5. The molecule has 17 heteroatoms. The number of alkyl halides is 3. The molecule has 2 aromatic carbocycles. The fraction of sp³-hybridized carbons (Fsp3) is 0.608. The summed E-state index contributed by atoms with van der Waals surface area (Å²) in [6.07, 6.45) is 0.289. The van der Waals surface area contributed by atoms with Crippen LogP contribution >= 0.6 is 0 Å². The lowest BCUT2D eigenvalue weighted by Gasteiger charge is -2.47. The summed E-state index contributed by atoms with van der Waals surface area (Å²) in [6.45, 7) is 19.0. The Labute approximate surface area is 396 Å². The summed E-state index contributed by atoms with van der Waals surface area (Å²) in [7, 11) is -1.02. The zero-order valence-electron chi connectivity index (χ0n) is 40.7. The second-order valence-corrected chi connectivity index (χ2v) is 27.1. The summed E-state index contributed by atoms with van der Waals surface area (Å²) in [5.41, 5.74) is 0.976. The number of hydrogen-bond acceptors (Lipinski definition) is 10. The quantitative estimate of drug-likeness (QED) is 0.0661. The Hall–Kier alpha value is -4.79. The van der Waals surface area contributed by atoms with Crippen molar-refractivity contribution in [1.82, 2.24) is 24.8 Å². The van der Waals surface area contributed by atoms with E-state index in [-0.39, 0.29) is 89.0 Å². The number of ether oxygens (including phenoxy) is 4. The molecule has 5 aliphatic heterocycles. The monoisotopic (exact) mass is 962 g/mol. The minimum absolute atomic E-state index is 0.000801. The average molecular weight is 963 g/mol. The van der Waals surface area contributed by atoms with Gasteiger partial charge in [0.2, 0.25) is 0 Å². The van der Waals surface area contributed by atoms with Gasteiger partial charge in [0, 0.05) is 44.0 Å². The maximum Gasteiger partial charge on any atom is 0.410 e. The predicted octanol–water partition coefficient (Wildman–Crippen LogP) is 11.1. The molecule has 0 N–H and O–H groups in total. The summed E-state index contributed by atoms with van der Waals surface area (Å²) in [6, 6.07) is 3.53. The molecule has 4 saturated heterocycles. The van der Waals surface area contributed by atoms with Gasteiger partial charge in [-0.25, -0.2) is 22.9 Å². The molecule has 2 bridgehead atoms. The Morgan fingerprint density at radius 3 is 2.37 bits per heavy atom. The summed E-state index contributed by atoms with van der Waals surface area (Å²) in [4.78, 5) is 33.2. The molecular formula is C51H63F5N6O5Si. The van der Waals surface area contributed by atoms with Gasteiger partial charge in [-0.05, 0) is 93.2 Å². The molecule has 7 heterocycles. The summed E-state index contributed by atoms with van der Waals surface area (Å²) < 4.78 is 108. The number of nitrogens with zero attached hydrogens (tertiary/aromatic N) is 6. The molecule has 5 aliphatic rings. The third kappa shape index (κ3) is 8.13. The third-order valence-corrected chi connectivity index (χ3v) is 21.7. The van der Waals surface area contributed by atoms with Gasteiger partial charge in [-0.1, -0.05) is 53.5 Å². The fourth-order valence-corrected chi connectivity index (χ4v) is 17.7. The van der Waals surface area contributed by atoms with Crippen molar-refractivity contribution in [2.24, 2.45) is 0 Å². The first-order chi connectivity index (χ1) is 32.1. The smallest absolute Gasteiger partial charge is 0.410 e. The van der Waals surface area contributed by atoms with Gasteiger partial charge in [-0.2, -0.15) is 18.7 Å². The van der Waals surface area contributed by atoms with Gasteiger partial charge < -0.3 is 23.8 Å². The van der Waals surface area contributed by atoms with E-state index in [4.69, 9.17) is 23.9 Å². The van der Waals surface area contributed by atoms with Crippen molar-refractivity contribution in [3.05, 3.63) is 47.2 Å². The Bertz CT molecular complexity index is 2680. The highest BCUT2D eigenvalue weighted by atomic mass is 28.3. The van der Waals surface area contributed by atoms with Gasteiger partial charge in [-0.3, -0.25) is 9.80 Å². The molecule has 0 aliphatic carbocycles. The maximum absolute atomic E-state index is 18.2. The van der Waals surface area contributed by atoms with Crippen LogP contribution in [0.5, 0.6) is 11.8 Å². The number of aromatic nitrogens is 3. The number of halogens is 5. The molecule has 2 aromatic heterocycles. The number of carbonyl (C=O) groups excluding carboxylic acids is 1. The molecule has 4 aromatic rings. The SMILES string of the molecule is COCOc1cc(-c2nc3c4c(nc(OC[C@@]56CCCN5C[C@H](F)C6)nc4c2F)N2C[C@H]4CC[C@@H]([C@H]2CC3(F)F)N4C(=O)OC(C)(C)C)c2c(C#C[Si](C(C)C)(C(C)C)C(C)C)c(F)ccc2c1. The first-order valence-corrected chi connectivity index (χ1v) is 26.3. The van der Waals surface area contributed by atoms with Crippen LogP contribution in [0, 0.1) is 23.1 Å². The van der Waals surface area contributed by atoms with E-state index >= 15 is 17.6 Å². The number of fused-ring (bicyclic) bond motifs is 7. The van der Waals surface area contributed by atoms with Gasteiger partial charge in [0.15, 0.2) is 12.6 Å². The lowest BCUT2D eigenvalue weighted by Crippen LogP contribution is -2.62. The number of anilines is 1. The topological polar surface area (TPSA) is 102 Å². The van der Waals surface area contributed by atoms with Crippen LogP contribution in [0.3, 0.4) is 0 Å². The molecule has 68 heavy (non-hydrogen) atoms. The van der Waals surface area contributed by atoms with Crippen molar-refractivity contribution in [2.75, 3.05) is 45.0 Å². The molecule has 0 radical (unpaired) electrons. The Morgan fingerprint density at radius 1 is 0.941 bits per heavy atom. The lowest BCUT2D eigenvalue weighted by atomic mass is 9.94. The highest BCUT2D eigenvalue weighted by molar-refractivity contribution is 6.90. The molecule has 5 atom stereocenters. The van der Waals surface area contributed by atoms with Crippen LogP contribution in [-0.2, 0) is 15.4 Å². The van der Waals surface area contributed by atoms with Crippen molar-refractivity contribution in [1.29, 1.82) is 0 Å². The van der Waals surface area contributed by atoms with E-state index in [2.05, 4.69) is 67.9 Å². The zero-order valence-corrected chi connectivity index (χ0v) is 41.7. The predicted molar refractivity (Wildman–Crippen MR) is 254 cm³/mol. The highest BCUT2D eigenvalue weighted by Gasteiger charge is 2.56. The first kappa shape index (κ1) is 48.2. The van der Waals surface area contributed by atoms with Gasteiger partial charge in [0.05, 0.1) is 34.6 Å². The highest BCUT2D eigenvalue weighted by Crippen LogP contribution is 2.52. The largest absolute Gasteiger partial charge is 0.468 e. The van der Waals surface area contributed by atoms with Gasteiger partial charge in [0.1, 0.15) is 60.7 Å². The molecule has 0 spiro atoms. The van der Waals surface area contributed by atoms with E-state index < -0.39 is 90.5 Å². The molecule has 4 fully saturated rings. The number of hydrogen-bond donors (Lipinski definition) is 0. The molecular weight excluding hydrogens is 900 g/mol. The van der Waals surface area contributed by atoms with E-state index in [0.29, 0.717) is 31.2 Å². The average Bonchev–Trinajstić information content (AvgIpc) is 3.89. The maximum atomic E-state index is 18.2.